The summed E-state index contributed by atoms with van der Waals surface area (Å²) in [5.74, 6) is 1.46. The molecule has 0 aromatic heterocycles. The number of hydrogen-bond acceptors (Lipinski definition) is 3. The molecule has 2 fully saturated rings. The van der Waals surface area contributed by atoms with E-state index in [9.17, 15) is 4.79 Å². The topological polar surface area (TPSA) is 29.5 Å². The Balaban J connectivity index is 1.86. The van der Waals surface area contributed by atoms with Gasteiger partial charge in [0, 0.05) is 25.4 Å². The zero-order valence-corrected chi connectivity index (χ0v) is 9.32. The van der Waals surface area contributed by atoms with Crippen LogP contribution in [-0.2, 0) is 9.53 Å². The third kappa shape index (κ3) is 2.52. The van der Waals surface area contributed by atoms with Crippen LogP contribution in [0.4, 0.5) is 0 Å². The summed E-state index contributed by atoms with van der Waals surface area (Å²) in [4.78, 5) is 13.2. The third-order valence-corrected chi connectivity index (χ3v) is 3.63. The molecule has 1 saturated carbocycles. The van der Waals surface area contributed by atoms with Crippen molar-refractivity contribution in [2.45, 2.75) is 25.7 Å². The quantitative estimate of drug-likeness (QED) is 0.513. The van der Waals surface area contributed by atoms with Crippen LogP contribution in [0.2, 0.25) is 0 Å². The van der Waals surface area contributed by atoms with Crippen LogP contribution in [0.1, 0.15) is 25.7 Å². The van der Waals surface area contributed by atoms with E-state index in [1.54, 1.807) is 0 Å². The van der Waals surface area contributed by atoms with Crippen LogP contribution in [0.15, 0.2) is 12.3 Å². The second-order valence-corrected chi connectivity index (χ2v) is 4.60. The fourth-order valence-corrected chi connectivity index (χ4v) is 2.80. The first kappa shape index (κ1) is 10.5. The Morgan fingerprint density at radius 1 is 1.27 bits per heavy atom. The van der Waals surface area contributed by atoms with E-state index < -0.39 is 0 Å². The molecular formula is C12H19NO2. The smallest absolute Gasteiger partial charge is 0.331 e. The first-order valence-electron chi connectivity index (χ1n) is 5.80. The highest BCUT2D eigenvalue weighted by atomic mass is 16.5. The van der Waals surface area contributed by atoms with Gasteiger partial charge in [-0.25, -0.2) is 4.79 Å². The van der Waals surface area contributed by atoms with Gasteiger partial charge in [0.25, 0.3) is 0 Å². The maximum atomic E-state index is 10.9. The maximum absolute atomic E-state index is 10.9. The van der Waals surface area contributed by atoms with E-state index in [0.717, 1.165) is 24.9 Å². The minimum Gasteiger partial charge on any atom is -0.466 e. The van der Waals surface area contributed by atoms with Crippen molar-refractivity contribution < 1.29 is 9.53 Å². The average Bonchev–Trinajstić information content (AvgIpc) is 2.68. The van der Waals surface area contributed by atoms with Crippen molar-refractivity contribution in [3.63, 3.8) is 0 Å². The van der Waals surface area contributed by atoms with Gasteiger partial charge >= 0.3 is 5.97 Å². The lowest BCUT2D eigenvalue weighted by atomic mass is 9.82. The Morgan fingerprint density at radius 3 is 2.40 bits per heavy atom. The van der Waals surface area contributed by atoms with Gasteiger partial charge < -0.3 is 9.64 Å². The molecule has 1 saturated heterocycles. The van der Waals surface area contributed by atoms with Gasteiger partial charge in [-0.05, 0) is 24.7 Å². The van der Waals surface area contributed by atoms with Gasteiger partial charge in [-0.2, -0.15) is 0 Å². The first-order chi connectivity index (χ1) is 7.29. The number of ether oxygens (including phenoxy) is 1. The van der Waals surface area contributed by atoms with Gasteiger partial charge in [-0.15, -0.1) is 0 Å². The SMILES string of the molecule is COC(=O)/C=C/N1CC2CCCCC2C1. The van der Waals surface area contributed by atoms with Crippen LogP contribution in [0, 0.1) is 11.8 Å². The van der Waals surface area contributed by atoms with Gasteiger partial charge in [-0.3, -0.25) is 0 Å². The maximum Gasteiger partial charge on any atom is 0.331 e. The van der Waals surface area contributed by atoms with Crippen LogP contribution in [0.5, 0.6) is 0 Å². The van der Waals surface area contributed by atoms with E-state index in [0.29, 0.717) is 0 Å². The number of esters is 1. The third-order valence-electron chi connectivity index (χ3n) is 3.63. The van der Waals surface area contributed by atoms with Crippen LogP contribution in [-0.4, -0.2) is 31.1 Å². The van der Waals surface area contributed by atoms with Crippen molar-refractivity contribution in [2.24, 2.45) is 11.8 Å². The predicted molar refractivity (Wildman–Crippen MR) is 58.2 cm³/mol. The van der Waals surface area contributed by atoms with Crippen molar-refractivity contribution in [1.82, 2.24) is 4.90 Å². The molecule has 2 aliphatic rings. The summed E-state index contributed by atoms with van der Waals surface area (Å²) >= 11 is 0. The van der Waals surface area contributed by atoms with E-state index >= 15 is 0 Å². The highest BCUT2D eigenvalue weighted by molar-refractivity contribution is 5.81. The number of rotatable bonds is 2. The first-order valence-corrected chi connectivity index (χ1v) is 5.80. The van der Waals surface area contributed by atoms with Crippen molar-refractivity contribution in [1.29, 1.82) is 0 Å². The molecule has 3 nitrogen and oxygen atoms in total. The molecule has 2 atom stereocenters. The molecule has 84 valence electrons. The second-order valence-electron chi connectivity index (χ2n) is 4.60. The predicted octanol–water partition coefficient (Wildman–Crippen LogP) is 1.80. The Bertz CT molecular complexity index is 248. The Kier molecular flexibility index (Phi) is 3.29. The van der Waals surface area contributed by atoms with Crippen LogP contribution < -0.4 is 0 Å². The number of likely N-dealkylation sites (tertiary alicyclic amines) is 1. The van der Waals surface area contributed by atoms with Crippen molar-refractivity contribution >= 4 is 5.97 Å². The van der Waals surface area contributed by atoms with Crippen molar-refractivity contribution in [3.05, 3.63) is 12.3 Å². The highest BCUT2D eigenvalue weighted by Gasteiger charge is 2.32. The summed E-state index contributed by atoms with van der Waals surface area (Å²) < 4.78 is 4.58. The summed E-state index contributed by atoms with van der Waals surface area (Å²) in [6.45, 7) is 2.25. The Hall–Kier alpha value is -0.990. The molecule has 0 radical (unpaired) electrons. The zero-order chi connectivity index (χ0) is 10.7. The summed E-state index contributed by atoms with van der Waals surface area (Å²) in [7, 11) is 1.41. The number of fused-ring (bicyclic) bond motifs is 1. The molecule has 15 heavy (non-hydrogen) atoms. The van der Waals surface area contributed by atoms with E-state index in [2.05, 4.69) is 9.64 Å². The number of hydrogen-bond donors (Lipinski definition) is 0. The van der Waals surface area contributed by atoms with Crippen LogP contribution >= 0.6 is 0 Å². The summed E-state index contributed by atoms with van der Waals surface area (Å²) in [5.41, 5.74) is 0. The lowest BCUT2D eigenvalue weighted by molar-refractivity contribution is -0.134. The van der Waals surface area contributed by atoms with Crippen LogP contribution in [0.25, 0.3) is 0 Å². The molecule has 1 aliphatic carbocycles. The van der Waals surface area contributed by atoms with E-state index in [1.165, 1.54) is 38.9 Å². The molecule has 0 N–H and O–H groups in total. The Labute approximate surface area is 91.1 Å². The number of carbonyl (C=O) groups excluding carboxylic acids is 1. The molecule has 1 aliphatic heterocycles. The molecule has 1 heterocycles. The standard InChI is InChI=1S/C12H19NO2/c1-15-12(14)6-7-13-8-10-4-2-3-5-11(10)9-13/h6-7,10-11H,2-5,8-9H2,1H3/b7-6+. The lowest BCUT2D eigenvalue weighted by Crippen LogP contribution is -2.16. The minimum atomic E-state index is -0.259. The second kappa shape index (κ2) is 4.69. The molecular weight excluding hydrogens is 190 g/mol. The van der Waals surface area contributed by atoms with E-state index in [4.69, 9.17) is 0 Å². The van der Waals surface area contributed by atoms with Gasteiger partial charge in [0.2, 0.25) is 0 Å². The van der Waals surface area contributed by atoms with Crippen molar-refractivity contribution in [3.8, 4) is 0 Å². The molecule has 2 rings (SSSR count). The van der Waals surface area contributed by atoms with E-state index in [1.807, 2.05) is 6.20 Å². The molecule has 0 aromatic carbocycles. The fraction of sp³-hybridized carbons (Fsp3) is 0.750. The molecule has 0 bridgehead atoms. The van der Waals surface area contributed by atoms with Gasteiger partial charge in [-0.1, -0.05) is 12.8 Å². The minimum absolute atomic E-state index is 0.259. The zero-order valence-electron chi connectivity index (χ0n) is 9.32. The summed E-state index contributed by atoms with van der Waals surface area (Å²) in [5, 5.41) is 0. The summed E-state index contributed by atoms with van der Waals surface area (Å²) in [6.07, 6.45) is 8.92. The molecule has 0 spiro atoms. The average molecular weight is 209 g/mol. The monoisotopic (exact) mass is 209 g/mol. The van der Waals surface area contributed by atoms with Gasteiger partial charge in [0.05, 0.1) is 7.11 Å². The number of nitrogens with zero attached hydrogens (tertiary/aromatic N) is 1. The van der Waals surface area contributed by atoms with Gasteiger partial charge in [0.15, 0.2) is 0 Å². The van der Waals surface area contributed by atoms with E-state index in [-0.39, 0.29) is 5.97 Å². The van der Waals surface area contributed by atoms with Gasteiger partial charge in [0.1, 0.15) is 0 Å². The lowest BCUT2D eigenvalue weighted by Gasteiger charge is -2.22. The summed E-state index contributed by atoms with van der Waals surface area (Å²) in [6, 6.07) is 0. The van der Waals surface area contributed by atoms with Crippen molar-refractivity contribution in [2.75, 3.05) is 20.2 Å². The molecule has 0 aromatic rings. The van der Waals surface area contributed by atoms with Crippen LogP contribution in [0.3, 0.4) is 0 Å². The molecule has 0 amide bonds. The number of methoxy groups -OCH3 is 1. The Morgan fingerprint density at radius 2 is 1.87 bits per heavy atom. The molecule has 2 unspecified atom stereocenters. The highest BCUT2D eigenvalue weighted by Crippen LogP contribution is 2.35. The number of carbonyl (C=O) groups is 1. The normalized spacial score (nSPS) is 30.6. The fourth-order valence-electron chi connectivity index (χ4n) is 2.80. The molecule has 3 heteroatoms. The largest absolute Gasteiger partial charge is 0.466 e.